The van der Waals surface area contributed by atoms with Crippen LogP contribution in [0.15, 0.2) is 24.3 Å². The molecule has 0 aliphatic rings. The minimum Gasteiger partial charge on any atom is -0.481 e. The Morgan fingerprint density at radius 3 is 1.87 bits per heavy atom. The molecule has 4 heteroatoms. The monoisotopic (exact) mass is 210 g/mol. The molecular weight excluding hydrogens is 196 g/mol. The van der Waals surface area contributed by atoms with Gasteiger partial charge in [0.15, 0.2) is 0 Å². The average Bonchev–Trinajstić information content (AvgIpc) is 2.20. The van der Waals surface area contributed by atoms with E-state index in [9.17, 15) is 9.59 Å². The van der Waals surface area contributed by atoms with E-state index in [1.165, 1.54) is 24.3 Å². The van der Waals surface area contributed by atoms with Crippen molar-refractivity contribution in [3.05, 3.63) is 35.4 Å². The Labute approximate surface area is 88.2 Å². The largest absolute Gasteiger partial charge is 0.481 e. The lowest BCUT2D eigenvalue weighted by Crippen LogP contribution is -2.01. The summed E-state index contributed by atoms with van der Waals surface area (Å²) in [5, 5.41) is 17.0. The predicted octanol–water partition coefficient (Wildman–Crippen LogP) is 2.04. The van der Waals surface area contributed by atoms with Crippen molar-refractivity contribution in [1.29, 1.82) is 0 Å². The summed E-state index contributed by atoms with van der Waals surface area (Å²) >= 11 is 0. The number of aliphatic carboxylic acids is 1. The van der Waals surface area contributed by atoms with Gasteiger partial charge in [0.05, 0.1) is 12.0 Å². The smallest absolute Gasteiger partial charge is 0.335 e. The summed E-state index contributed by atoms with van der Waals surface area (Å²) in [4.78, 5) is 20.7. The quantitative estimate of drug-likeness (QED) is 0.800. The molecule has 0 saturated carbocycles. The minimum absolute atomic E-state index is 0.0834. The van der Waals surface area contributed by atoms with Gasteiger partial charge in [0, 0.05) is 0 Å². The van der Waals surface area contributed by atoms with Gasteiger partial charge in [-0.1, -0.05) is 26.0 Å². The van der Waals surface area contributed by atoms with Crippen LogP contribution in [0, 0.1) is 0 Å². The van der Waals surface area contributed by atoms with E-state index in [4.69, 9.17) is 10.2 Å². The number of rotatable bonds is 3. The van der Waals surface area contributed by atoms with E-state index in [-0.39, 0.29) is 12.0 Å². The Morgan fingerprint density at radius 2 is 1.53 bits per heavy atom. The third-order valence-electron chi connectivity index (χ3n) is 1.56. The van der Waals surface area contributed by atoms with Crippen LogP contribution in [0.4, 0.5) is 0 Å². The number of carboxylic acid groups (broad SMARTS) is 2. The zero-order valence-corrected chi connectivity index (χ0v) is 8.73. The fourth-order valence-corrected chi connectivity index (χ4v) is 0.940. The molecule has 0 radical (unpaired) electrons. The SMILES string of the molecule is CC.O=C(O)Cc1ccc(C(=O)O)cc1. The van der Waals surface area contributed by atoms with Crippen molar-refractivity contribution in [1.82, 2.24) is 0 Å². The number of aromatic carboxylic acids is 1. The molecule has 0 aliphatic carbocycles. The van der Waals surface area contributed by atoms with Crippen LogP contribution in [0.2, 0.25) is 0 Å². The molecule has 0 aliphatic heterocycles. The molecule has 0 spiro atoms. The number of hydrogen-bond donors (Lipinski definition) is 2. The van der Waals surface area contributed by atoms with Crippen LogP contribution < -0.4 is 0 Å². The van der Waals surface area contributed by atoms with Crippen LogP contribution in [0.5, 0.6) is 0 Å². The highest BCUT2D eigenvalue weighted by Gasteiger charge is 2.03. The molecule has 2 N–H and O–H groups in total. The molecule has 0 heterocycles. The van der Waals surface area contributed by atoms with Gasteiger partial charge in [0.1, 0.15) is 0 Å². The van der Waals surface area contributed by atoms with Gasteiger partial charge in [-0.05, 0) is 17.7 Å². The van der Waals surface area contributed by atoms with Gasteiger partial charge < -0.3 is 10.2 Å². The van der Waals surface area contributed by atoms with Crippen LogP contribution >= 0.6 is 0 Å². The molecule has 1 aromatic rings. The fraction of sp³-hybridized carbons (Fsp3) is 0.273. The van der Waals surface area contributed by atoms with Crippen LogP contribution in [0.1, 0.15) is 29.8 Å². The number of hydrogen-bond acceptors (Lipinski definition) is 2. The highest BCUT2D eigenvalue weighted by atomic mass is 16.4. The maximum absolute atomic E-state index is 10.4. The van der Waals surface area contributed by atoms with Gasteiger partial charge in [0.2, 0.25) is 0 Å². The van der Waals surface area contributed by atoms with E-state index < -0.39 is 11.9 Å². The first-order valence-electron chi connectivity index (χ1n) is 4.63. The van der Waals surface area contributed by atoms with Crippen LogP contribution in [-0.2, 0) is 11.2 Å². The van der Waals surface area contributed by atoms with E-state index >= 15 is 0 Å². The molecule has 15 heavy (non-hydrogen) atoms. The van der Waals surface area contributed by atoms with Crippen LogP contribution in [0.25, 0.3) is 0 Å². The van der Waals surface area contributed by atoms with E-state index in [0.29, 0.717) is 5.56 Å². The summed E-state index contributed by atoms with van der Waals surface area (Å²) in [7, 11) is 0. The molecule has 0 atom stereocenters. The van der Waals surface area contributed by atoms with Crippen molar-refractivity contribution >= 4 is 11.9 Å². The Bertz CT molecular complexity index is 327. The Morgan fingerprint density at radius 1 is 1.07 bits per heavy atom. The number of benzene rings is 1. The van der Waals surface area contributed by atoms with E-state index in [1.807, 2.05) is 13.8 Å². The van der Waals surface area contributed by atoms with Gasteiger partial charge in [-0.15, -0.1) is 0 Å². The summed E-state index contributed by atoms with van der Waals surface area (Å²) in [5.74, 6) is -1.94. The van der Waals surface area contributed by atoms with E-state index in [0.717, 1.165) is 0 Å². The predicted molar refractivity (Wildman–Crippen MR) is 56.1 cm³/mol. The molecule has 0 amide bonds. The lowest BCUT2D eigenvalue weighted by atomic mass is 10.1. The first-order chi connectivity index (χ1) is 7.09. The highest BCUT2D eigenvalue weighted by Crippen LogP contribution is 2.04. The molecule has 0 bridgehead atoms. The summed E-state index contributed by atoms with van der Waals surface area (Å²) in [6.45, 7) is 4.00. The van der Waals surface area contributed by atoms with Crippen molar-refractivity contribution in [2.24, 2.45) is 0 Å². The van der Waals surface area contributed by atoms with E-state index in [2.05, 4.69) is 0 Å². The van der Waals surface area contributed by atoms with Crippen molar-refractivity contribution in [2.75, 3.05) is 0 Å². The second-order valence-electron chi connectivity index (χ2n) is 2.57. The molecular formula is C11H14O4. The fourth-order valence-electron chi connectivity index (χ4n) is 0.940. The molecule has 0 fully saturated rings. The molecule has 1 aromatic carbocycles. The summed E-state index contributed by atoms with van der Waals surface area (Å²) in [5.41, 5.74) is 0.756. The summed E-state index contributed by atoms with van der Waals surface area (Å²) in [6.07, 6.45) is -0.0834. The molecule has 1 rings (SSSR count). The lowest BCUT2D eigenvalue weighted by molar-refractivity contribution is -0.136. The highest BCUT2D eigenvalue weighted by molar-refractivity contribution is 5.87. The first-order valence-corrected chi connectivity index (χ1v) is 4.63. The molecule has 0 aromatic heterocycles. The molecule has 4 nitrogen and oxygen atoms in total. The van der Waals surface area contributed by atoms with Gasteiger partial charge in [-0.3, -0.25) is 4.79 Å². The third kappa shape index (κ3) is 4.81. The van der Waals surface area contributed by atoms with Crippen molar-refractivity contribution in [3.63, 3.8) is 0 Å². The van der Waals surface area contributed by atoms with Gasteiger partial charge in [0.25, 0.3) is 0 Å². The maximum Gasteiger partial charge on any atom is 0.335 e. The van der Waals surface area contributed by atoms with Crippen molar-refractivity contribution in [3.8, 4) is 0 Å². The zero-order valence-electron chi connectivity index (χ0n) is 8.73. The lowest BCUT2D eigenvalue weighted by Gasteiger charge is -1.97. The molecule has 82 valence electrons. The average molecular weight is 210 g/mol. The van der Waals surface area contributed by atoms with Crippen molar-refractivity contribution < 1.29 is 19.8 Å². The number of carbonyl (C=O) groups is 2. The third-order valence-corrected chi connectivity index (χ3v) is 1.56. The second kappa shape index (κ2) is 6.59. The zero-order chi connectivity index (χ0) is 11.8. The Balaban J connectivity index is 0.000000921. The second-order valence-corrected chi connectivity index (χ2v) is 2.57. The minimum atomic E-state index is -1.01. The Kier molecular flexibility index (Phi) is 5.78. The van der Waals surface area contributed by atoms with Crippen LogP contribution in [0.3, 0.4) is 0 Å². The van der Waals surface area contributed by atoms with Crippen LogP contribution in [-0.4, -0.2) is 22.2 Å². The first kappa shape index (κ1) is 13.2. The maximum atomic E-state index is 10.4. The molecule has 0 unspecified atom stereocenters. The van der Waals surface area contributed by atoms with Crippen molar-refractivity contribution in [2.45, 2.75) is 20.3 Å². The summed E-state index contributed by atoms with van der Waals surface area (Å²) in [6, 6.07) is 5.77. The molecule has 0 saturated heterocycles. The Hall–Kier alpha value is -1.84. The summed E-state index contributed by atoms with van der Waals surface area (Å²) < 4.78 is 0. The normalized spacial score (nSPS) is 8.67. The van der Waals surface area contributed by atoms with Gasteiger partial charge in [-0.25, -0.2) is 4.79 Å². The van der Waals surface area contributed by atoms with E-state index in [1.54, 1.807) is 0 Å². The number of carboxylic acids is 2. The van der Waals surface area contributed by atoms with Gasteiger partial charge in [-0.2, -0.15) is 0 Å². The standard InChI is InChI=1S/C9H8O4.C2H6/c10-8(11)5-6-1-3-7(4-2-6)9(12)13;1-2/h1-4H,5H2,(H,10,11)(H,12,13);1-2H3. The topological polar surface area (TPSA) is 74.6 Å². The van der Waals surface area contributed by atoms with Gasteiger partial charge >= 0.3 is 11.9 Å².